The lowest BCUT2D eigenvalue weighted by atomic mass is 10.2. The van der Waals surface area contributed by atoms with E-state index in [1.807, 2.05) is 19.1 Å². The summed E-state index contributed by atoms with van der Waals surface area (Å²) in [5, 5.41) is 17.1. The lowest BCUT2D eigenvalue weighted by Crippen LogP contribution is -2.06. The van der Waals surface area contributed by atoms with Crippen molar-refractivity contribution in [2.75, 3.05) is 0 Å². The van der Waals surface area contributed by atoms with Crippen LogP contribution in [-0.2, 0) is 0 Å². The van der Waals surface area contributed by atoms with Gasteiger partial charge in [0.15, 0.2) is 4.77 Å². The Hall–Kier alpha value is -2.28. The van der Waals surface area contributed by atoms with E-state index in [1.165, 1.54) is 0 Å². The Morgan fingerprint density at radius 3 is 2.44 bits per heavy atom. The largest absolute Gasteiger partial charge is 0.493 e. The fourth-order valence-corrected chi connectivity index (χ4v) is 1.47. The van der Waals surface area contributed by atoms with Crippen LogP contribution in [0, 0.1) is 11.7 Å². The second-order valence-corrected chi connectivity index (χ2v) is 4.05. The van der Waals surface area contributed by atoms with Gasteiger partial charge in [0.1, 0.15) is 0 Å². The Bertz CT molecular complexity index is 700. The number of aromatic hydroxyl groups is 1. The molecule has 6 nitrogen and oxygen atoms in total. The number of hydrogen-bond donors (Lipinski definition) is 3. The zero-order valence-electron chi connectivity index (χ0n) is 9.47. The third-order valence-corrected chi connectivity index (χ3v) is 2.40. The first kappa shape index (κ1) is 12.2. The highest BCUT2D eigenvalue weighted by Gasteiger charge is 2.05. The average Bonchev–Trinajstić information content (AvgIpc) is 2.30. The van der Waals surface area contributed by atoms with Crippen molar-refractivity contribution >= 4 is 23.6 Å². The molecule has 0 radical (unpaired) electrons. The Labute approximate surface area is 107 Å². The van der Waals surface area contributed by atoms with E-state index in [0.29, 0.717) is 5.69 Å². The highest BCUT2D eigenvalue weighted by Crippen LogP contribution is 2.21. The maximum absolute atomic E-state index is 11.5. The van der Waals surface area contributed by atoms with Gasteiger partial charge in [0.05, 0.1) is 5.69 Å². The van der Waals surface area contributed by atoms with Crippen molar-refractivity contribution < 1.29 is 5.11 Å². The number of aromatic nitrogens is 2. The molecule has 0 unspecified atom stereocenters. The van der Waals surface area contributed by atoms with Gasteiger partial charge >= 0.3 is 0 Å². The SMILES string of the molecule is Cc1ccc(N=Nc2c(O)[nH]c(=S)[nH]c2=O)cc1. The summed E-state index contributed by atoms with van der Waals surface area (Å²) in [6, 6.07) is 7.26. The fraction of sp³-hybridized carbons (Fsp3) is 0.0909. The molecule has 0 atom stereocenters. The molecular formula is C11H10N4O2S. The van der Waals surface area contributed by atoms with Gasteiger partial charge in [-0.05, 0) is 31.3 Å². The van der Waals surface area contributed by atoms with Crippen LogP contribution >= 0.6 is 12.2 Å². The molecule has 2 rings (SSSR count). The number of nitrogens with one attached hydrogen (secondary N) is 2. The first-order valence-electron chi connectivity index (χ1n) is 5.10. The van der Waals surface area contributed by atoms with Crippen LogP contribution < -0.4 is 5.56 Å². The van der Waals surface area contributed by atoms with Gasteiger partial charge in [0.25, 0.3) is 5.56 Å². The highest BCUT2D eigenvalue weighted by atomic mass is 32.1. The number of H-pyrrole nitrogens is 2. The average molecular weight is 262 g/mol. The van der Waals surface area contributed by atoms with Crippen molar-refractivity contribution in [1.29, 1.82) is 0 Å². The summed E-state index contributed by atoms with van der Waals surface area (Å²) in [6.45, 7) is 1.95. The van der Waals surface area contributed by atoms with Gasteiger partial charge in [-0.2, -0.15) is 5.11 Å². The zero-order valence-corrected chi connectivity index (χ0v) is 10.3. The van der Waals surface area contributed by atoms with Gasteiger partial charge in [-0.3, -0.25) is 9.78 Å². The number of aryl methyl sites for hydroxylation is 1. The molecule has 92 valence electrons. The van der Waals surface area contributed by atoms with Crippen molar-refractivity contribution in [1.82, 2.24) is 9.97 Å². The summed E-state index contributed by atoms with van der Waals surface area (Å²) in [7, 11) is 0. The zero-order chi connectivity index (χ0) is 13.1. The number of aromatic amines is 2. The minimum absolute atomic E-state index is 0.0341. The molecule has 0 amide bonds. The van der Waals surface area contributed by atoms with Gasteiger partial charge in [0.2, 0.25) is 11.6 Å². The number of benzene rings is 1. The van der Waals surface area contributed by atoms with Crippen molar-refractivity contribution in [2.24, 2.45) is 10.2 Å². The van der Waals surface area contributed by atoms with Gasteiger partial charge in [-0.1, -0.05) is 17.7 Å². The van der Waals surface area contributed by atoms with E-state index in [0.717, 1.165) is 5.56 Å². The molecule has 0 bridgehead atoms. The van der Waals surface area contributed by atoms with E-state index < -0.39 is 11.4 Å². The molecule has 1 aromatic heterocycles. The van der Waals surface area contributed by atoms with E-state index in [-0.39, 0.29) is 10.5 Å². The Balaban J connectivity index is 2.38. The van der Waals surface area contributed by atoms with E-state index >= 15 is 0 Å². The maximum atomic E-state index is 11.5. The quantitative estimate of drug-likeness (QED) is 0.573. The molecule has 18 heavy (non-hydrogen) atoms. The maximum Gasteiger partial charge on any atom is 0.283 e. The monoisotopic (exact) mass is 262 g/mol. The summed E-state index contributed by atoms with van der Waals surface area (Å²) in [6.07, 6.45) is 0. The Kier molecular flexibility index (Phi) is 3.33. The lowest BCUT2D eigenvalue weighted by molar-refractivity contribution is 0.451. The molecule has 0 saturated carbocycles. The predicted molar refractivity (Wildman–Crippen MR) is 69.3 cm³/mol. The summed E-state index contributed by atoms with van der Waals surface area (Å²) in [5.74, 6) is -0.403. The number of hydrogen-bond acceptors (Lipinski definition) is 5. The van der Waals surface area contributed by atoms with Crippen LogP contribution in [0.2, 0.25) is 0 Å². The third-order valence-electron chi connectivity index (χ3n) is 2.20. The fourth-order valence-electron chi connectivity index (χ4n) is 1.28. The molecule has 0 fully saturated rings. The molecule has 3 N–H and O–H groups in total. The summed E-state index contributed by atoms with van der Waals surface area (Å²) >= 11 is 4.70. The van der Waals surface area contributed by atoms with Gasteiger partial charge < -0.3 is 10.1 Å². The van der Waals surface area contributed by atoms with Crippen LogP contribution in [0.5, 0.6) is 5.88 Å². The number of nitrogens with zero attached hydrogens (tertiary/aromatic N) is 2. The van der Waals surface area contributed by atoms with Gasteiger partial charge in [-0.15, -0.1) is 5.11 Å². The number of azo groups is 1. The first-order chi connectivity index (χ1) is 8.56. The lowest BCUT2D eigenvalue weighted by Gasteiger charge is -1.96. The van der Waals surface area contributed by atoms with Crippen LogP contribution in [0.25, 0.3) is 0 Å². The van der Waals surface area contributed by atoms with E-state index in [9.17, 15) is 9.90 Å². The Morgan fingerprint density at radius 2 is 1.83 bits per heavy atom. The van der Waals surface area contributed by atoms with Crippen LogP contribution in [0.4, 0.5) is 11.4 Å². The molecular weight excluding hydrogens is 252 g/mol. The molecule has 1 heterocycles. The standard InChI is InChI=1S/C11H10N4O2S/c1-6-2-4-7(5-3-6)14-15-8-9(16)12-11(18)13-10(8)17/h2-5H,1H3,(H3,12,13,16,17,18). The molecule has 0 aliphatic heterocycles. The van der Waals surface area contributed by atoms with Crippen LogP contribution in [0.15, 0.2) is 39.3 Å². The van der Waals surface area contributed by atoms with E-state index in [4.69, 9.17) is 12.2 Å². The second kappa shape index (κ2) is 4.92. The molecule has 7 heteroatoms. The first-order valence-corrected chi connectivity index (χ1v) is 5.51. The molecule has 0 aliphatic carbocycles. The molecule has 0 saturated heterocycles. The van der Waals surface area contributed by atoms with Gasteiger partial charge in [-0.25, -0.2) is 0 Å². The summed E-state index contributed by atoms with van der Waals surface area (Å²) < 4.78 is 0.0341. The minimum atomic E-state index is -0.591. The van der Waals surface area contributed by atoms with Crippen molar-refractivity contribution in [2.45, 2.75) is 6.92 Å². The van der Waals surface area contributed by atoms with Crippen LogP contribution in [0.1, 0.15) is 5.56 Å². The molecule has 1 aromatic carbocycles. The predicted octanol–water partition coefficient (Wildman–Crippen LogP) is 2.86. The topological polar surface area (TPSA) is 93.6 Å². The molecule has 2 aromatic rings. The normalized spacial score (nSPS) is 10.9. The van der Waals surface area contributed by atoms with Crippen molar-refractivity contribution in [3.05, 3.63) is 45.0 Å². The highest BCUT2D eigenvalue weighted by molar-refractivity contribution is 7.71. The summed E-state index contributed by atoms with van der Waals surface area (Å²) in [4.78, 5) is 16.2. The third kappa shape index (κ3) is 2.69. The van der Waals surface area contributed by atoms with Crippen LogP contribution in [0.3, 0.4) is 0 Å². The van der Waals surface area contributed by atoms with E-state index in [2.05, 4.69) is 20.2 Å². The number of rotatable bonds is 2. The second-order valence-electron chi connectivity index (χ2n) is 3.64. The smallest absolute Gasteiger partial charge is 0.283 e. The summed E-state index contributed by atoms with van der Waals surface area (Å²) in [5.41, 5.74) is 0.886. The van der Waals surface area contributed by atoms with E-state index in [1.54, 1.807) is 12.1 Å². The van der Waals surface area contributed by atoms with Crippen molar-refractivity contribution in [3.63, 3.8) is 0 Å². The minimum Gasteiger partial charge on any atom is -0.493 e. The molecule has 0 aliphatic rings. The van der Waals surface area contributed by atoms with Gasteiger partial charge in [0, 0.05) is 0 Å². The Morgan fingerprint density at radius 1 is 1.17 bits per heavy atom. The molecule has 0 spiro atoms. The van der Waals surface area contributed by atoms with Crippen LogP contribution in [-0.4, -0.2) is 15.1 Å². The van der Waals surface area contributed by atoms with Crippen molar-refractivity contribution in [3.8, 4) is 5.88 Å².